The van der Waals surface area contributed by atoms with E-state index in [2.05, 4.69) is 23.8 Å². The lowest BCUT2D eigenvalue weighted by molar-refractivity contribution is 0.0725. The molecule has 4 aromatic rings. The Balaban J connectivity index is 1.04. The molecule has 0 amide bonds. The highest BCUT2D eigenvalue weighted by atomic mass is 16.5. The Morgan fingerprint density at radius 2 is 0.754 bits per heavy atom. The van der Waals surface area contributed by atoms with Gasteiger partial charge in [0.15, 0.2) is 0 Å². The van der Waals surface area contributed by atoms with E-state index in [0.717, 1.165) is 67.8 Å². The fourth-order valence-corrected chi connectivity index (χ4v) is 6.02. The molecule has 0 bridgehead atoms. The first-order valence-corrected chi connectivity index (χ1v) is 21.1. The van der Waals surface area contributed by atoms with E-state index in [0.29, 0.717) is 35.8 Å². The Morgan fingerprint density at radius 3 is 1.14 bits per heavy atom. The zero-order chi connectivity index (χ0) is 40.2. The number of rotatable bonds is 28. The van der Waals surface area contributed by atoms with Crippen LogP contribution in [0.25, 0.3) is 0 Å². The number of hydrogen-bond donors (Lipinski definition) is 0. The molecular formula is C49H62N2O6. The second-order valence-electron chi connectivity index (χ2n) is 14.3. The maximum atomic E-state index is 12.6. The molecule has 0 saturated heterocycles. The molecule has 0 spiro atoms. The number of carbonyl (C=O) groups excluding carboxylic acids is 2. The van der Waals surface area contributed by atoms with Crippen molar-refractivity contribution in [3.8, 4) is 23.0 Å². The minimum Gasteiger partial charge on any atom is -0.494 e. The van der Waals surface area contributed by atoms with Gasteiger partial charge in [-0.2, -0.15) is 0 Å². The molecule has 8 nitrogen and oxygen atoms in total. The monoisotopic (exact) mass is 774 g/mol. The van der Waals surface area contributed by atoms with Gasteiger partial charge in [-0.05, 0) is 140 Å². The fourth-order valence-electron chi connectivity index (χ4n) is 6.02. The summed E-state index contributed by atoms with van der Waals surface area (Å²) in [7, 11) is 0. The minimum absolute atomic E-state index is 0.401. The Kier molecular flexibility index (Phi) is 21.4. The van der Waals surface area contributed by atoms with Crippen LogP contribution < -0.4 is 18.9 Å². The summed E-state index contributed by atoms with van der Waals surface area (Å²) in [6, 6.07) is 28.9. The van der Waals surface area contributed by atoms with Crippen molar-refractivity contribution in [1.82, 2.24) is 0 Å². The van der Waals surface area contributed by atoms with E-state index in [9.17, 15) is 9.59 Å². The molecule has 0 unspecified atom stereocenters. The molecule has 0 aliphatic carbocycles. The smallest absolute Gasteiger partial charge is 0.343 e. The van der Waals surface area contributed by atoms with Gasteiger partial charge in [-0.15, -0.1) is 0 Å². The molecule has 0 aliphatic rings. The van der Waals surface area contributed by atoms with E-state index in [1.807, 2.05) is 61.0 Å². The van der Waals surface area contributed by atoms with Crippen molar-refractivity contribution in [2.24, 2.45) is 9.98 Å². The molecule has 304 valence electrons. The molecular weight excluding hydrogens is 713 g/mol. The number of aliphatic imine (C=N–C) groups is 2. The van der Waals surface area contributed by atoms with E-state index in [4.69, 9.17) is 18.9 Å². The summed E-state index contributed by atoms with van der Waals surface area (Å²) in [6.45, 7) is 7.29. The van der Waals surface area contributed by atoms with Crippen LogP contribution in [0.15, 0.2) is 107 Å². The summed E-state index contributed by atoms with van der Waals surface area (Å²) in [4.78, 5) is 34.4. The zero-order valence-corrected chi connectivity index (χ0v) is 34.2. The Hall–Kier alpha value is -5.24. The maximum absolute atomic E-state index is 12.6. The van der Waals surface area contributed by atoms with Gasteiger partial charge in [-0.25, -0.2) is 9.59 Å². The summed E-state index contributed by atoms with van der Waals surface area (Å²) in [5.74, 6) is 1.70. The summed E-state index contributed by atoms with van der Waals surface area (Å²) in [6.07, 6.45) is 21.3. The average molecular weight is 775 g/mol. The third kappa shape index (κ3) is 18.5. The van der Waals surface area contributed by atoms with Gasteiger partial charge in [0.2, 0.25) is 0 Å². The molecule has 0 saturated carbocycles. The van der Waals surface area contributed by atoms with Crippen LogP contribution in [0.2, 0.25) is 0 Å². The number of unbranched alkanes of at least 4 members (excludes halogenated alkanes) is 12. The van der Waals surface area contributed by atoms with Crippen LogP contribution in [0.1, 0.15) is 142 Å². The van der Waals surface area contributed by atoms with Crippen LogP contribution in [0, 0.1) is 0 Å². The van der Waals surface area contributed by atoms with Gasteiger partial charge in [0.25, 0.3) is 0 Å². The molecule has 0 aliphatic heterocycles. The Bertz CT molecular complexity index is 1620. The second-order valence-corrected chi connectivity index (χ2v) is 14.3. The van der Waals surface area contributed by atoms with Gasteiger partial charge in [0.1, 0.15) is 23.0 Å². The van der Waals surface area contributed by atoms with Gasteiger partial charge in [0, 0.05) is 25.5 Å². The lowest BCUT2D eigenvalue weighted by atomic mass is 10.1. The van der Waals surface area contributed by atoms with Crippen molar-refractivity contribution in [3.63, 3.8) is 0 Å². The van der Waals surface area contributed by atoms with E-state index < -0.39 is 11.9 Å². The molecule has 8 heteroatoms. The Labute approximate surface area is 340 Å². The summed E-state index contributed by atoms with van der Waals surface area (Å²) in [5, 5.41) is 0. The molecule has 4 aromatic carbocycles. The highest BCUT2D eigenvalue weighted by molar-refractivity contribution is 5.92. The first-order valence-electron chi connectivity index (χ1n) is 21.1. The quantitative estimate of drug-likeness (QED) is 0.0247. The number of esters is 2. The number of benzene rings is 4. The van der Waals surface area contributed by atoms with E-state index in [1.165, 1.54) is 64.2 Å². The van der Waals surface area contributed by atoms with Crippen molar-refractivity contribution in [2.75, 3.05) is 26.3 Å². The predicted molar refractivity (Wildman–Crippen MR) is 232 cm³/mol. The van der Waals surface area contributed by atoms with Gasteiger partial charge >= 0.3 is 11.9 Å². The number of hydrogen-bond acceptors (Lipinski definition) is 8. The van der Waals surface area contributed by atoms with Crippen molar-refractivity contribution >= 4 is 24.4 Å². The van der Waals surface area contributed by atoms with Gasteiger partial charge in [0.05, 0.1) is 24.3 Å². The maximum Gasteiger partial charge on any atom is 0.343 e. The zero-order valence-electron chi connectivity index (χ0n) is 34.2. The normalized spacial score (nSPS) is 11.3. The largest absolute Gasteiger partial charge is 0.494 e. The first-order chi connectivity index (χ1) is 28.0. The topological polar surface area (TPSA) is 95.8 Å². The van der Waals surface area contributed by atoms with Crippen molar-refractivity contribution in [2.45, 2.75) is 110 Å². The summed E-state index contributed by atoms with van der Waals surface area (Å²) < 4.78 is 22.7. The minimum atomic E-state index is -0.401. The van der Waals surface area contributed by atoms with Crippen molar-refractivity contribution in [3.05, 3.63) is 119 Å². The van der Waals surface area contributed by atoms with Crippen LogP contribution >= 0.6 is 0 Å². The molecule has 0 heterocycles. The number of nitrogens with zero attached hydrogens (tertiary/aromatic N) is 2. The fraction of sp³-hybridized carbons (Fsp3) is 0.429. The molecule has 4 rings (SSSR count). The van der Waals surface area contributed by atoms with Crippen LogP contribution in [-0.4, -0.2) is 50.7 Å². The molecule has 0 atom stereocenters. The highest BCUT2D eigenvalue weighted by Gasteiger charge is 2.10. The van der Waals surface area contributed by atoms with E-state index in [1.54, 1.807) is 48.5 Å². The molecule has 0 aromatic heterocycles. The van der Waals surface area contributed by atoms with Crippen LogP contribution in [0.3, 0.4) is 0 Å². The third-order valence-corrected chi connectivity index (χ3v) is 9.45. The molecule has 57 heavy (non-hydrogen) atoms. The van der Waals surface area contributed by atoms with Crippen LogP contribution in [0.4, 0.5) is 0 Å². The Morgan fingerprint density at radius 1 is 0.421 bits per heavy atom. The average Bonchev–Trinajstić information content (AvgIpc) is 3.24. The van der Waals surface area contributed by atoms with Gasteiger partial charge in [-0.1, -0.05) is 78.1 Å². The lowest BCUT2D eigenvalue weighted by Gasteiger charge is -2.08. The predicted octanol–water partition coefficient (Wildman–Crippen LogP) is 12.3. The van der Waals surface area contributed by atoms with Crippen LogP contribution in [0.5, 0.6) is 23.0 Å². The van der Waals surface area contributed by atoms with E-state index >= 15 is 0 Å². The standard InChI is InChI=1S/C49H62N2O6/c1-3-5-7-9-11-16-36-54-44-30-22-42(23-31-44)48(52)56-46-26-18-40(19-27-46)38-50-34-14-13-15-35-51-39-41-20-28-47(29-21-41)57-49(53)43-24-32-45(33-25-43)55-37-17-12-10-8-6-4-2/h18-33,38-39H,3-17,34-37H2,1-2H3. The third-order valence-electron chi connectivity index (χ3n) is 9.45. The van der Waals surface area contributed by atoms with Gasteiger partial charge < -0.3 is 18.9 Å². The molecule has 0 N–H and O–H groups in total. The number of carbonyl (C=O) groups is 2. The summed E-state index contributed by atoms with van der Waals surface area (Å²) in [5.41, 5.74) is 2.86. The number of ether oxygens (including phenoxy) is 4. The van der Waals surface area contributed by atoms with Crippen molar-refractivity contribution < 1.29 is 28.5 Å². The SMILES string of the molecule is CCCCCCCCOc1ccc(C(=O)Oc2ccc(C=NCCCCCN=Cc3ccc(OC(=O)c4ccc(OCCCCCCCC)cc4)cc3)cc2)cc1. The van der Waals surface area contributed by atoms with Gasteiger partial charge in [-0.3, -0.25) is 9.98 Å². The summed E-state index contributed by atoms with van der Waals surface area (Å²) >= 11 is 0. The highest BCUT2D eigenvalue weighted by Crippen LogP contribution is 2.19. The van der Waals surface area contributed by atoms with E-state index in [-0.39, 0.29) is 0 Å². The lowest BCUT2D eigenvalue weighted by Crippen LogP contribution is -2.08. The molecule has 0 radical (unpaired) electrons. The first kappa shape index (κ1) is 44.5. The molecule has 0 fully saturated rings. The van der Waals surface area contributed by atoms with Crippen molar-refractivity contribution in [1.29, 1.82) is 0 Å². The second kappa shape index (κ2) is 27.4. The van der Waals surface area contributed by atoms with Crippen LogP contribution in [-0.2, 0) is 0 Å².